The molecule has 1 aromatic rings. The molecule has 1 heterocycles. The first-order valence-electron chi connectivity index (χ1n) is 7.35. The van der Waals surface area contributed by atoms with E-state index in [0.717, 1.165) is 11.3 Å². The molecule has 1 aromatic carbocycles. The zero-order valence-electron chi connectivity index (χ0n) is 13.0. The lowest BCUT2D eigenvalue weighted by Crippen LogP contribution is -2.54. The van der Waals surface area contributed by atoms with Crippen LogP contribution in [0.25, 0.3) is 0 Å². The summed E-state index contributed by atoms with van der Waals surface area (Å²) >= 11 is 0. The van der Waals surface area contributed by atoms with Gasteiger partial charge in [-0.25, -0.2) is 4.79 Å². The molecule has 0 saturated carbocycles. The van der Waals surface area contributed by atoms with Crippen LogP contribution in [0.4, 0.5) is 5.69 Å². The Bertz CT molecular complexity index is 586. The lowest BCUT2D eigenvalue weighted by atomic mass is 9.94. The molecule has 1 aliphatic rings. The van der Waals surface area contributed by atoms with E-state index in [4.69, 9.17) is 0 Å². The average Bonchev–Trinajstić information content (AvgIpc) is 2.44. The van der Waals surface area contributed by atoms with Crippen molar-refractivity contribution in [3.8, 4) is 0 Å². The van der Waals surface area contributed by atoms with Crippen LogP contribution in [0.1, 0.15) is 29.8 Å². The first-order chi connectivity index (χ1) is 10.3. The van der Waals surface area contributed by atoms with Gasteiger partial charge in [-0.05, 0) is 30.0 Å². The van der Waals surface area contributed by atoms with Crippen LogP contribution in [0.3, 0.4) is 0 Å². The molecule has 0 bridgehead atoms. The number of benzene rings is 1. The number of aromatic carboxylic acids is 1. The molecule has 2 atom stereocenters. The van der Waals surface area contributed by atoms with E-state index in [-0.39, 0.29) is 30.0 Å². The largest absolute Gasteiger partial charge is 0.478 e. The number of aliphatic hydroxyl groups is 1. The Hall–Kier alpha value is -2.08. The number of amides is 1. The quantitative estimate of drug-likeness (QED) is 0.771. The molecule has 1 aliphatic heterocycles. The number of anilines is 1. The van der Waals surface area contributed by atoms with E-state index in [2.05, 4.69) is 5.32 Å². The SMILES string of the molecule is CC(C)[C@H]1C(=O)N[C@H](CO)Cc2ccc(C(=O)O)cc2N1C. The summed E-state index contributed by atoms with van der Waals surface area (Å²) in [6.45, 7) is 3.73. The number of fused-ring (bicyclic) bond motifs is 1. The number of nitrogens with one attached hydrogen (secondary N) is 1. The van der Waals surface area contributed by atoms with Gasteiger partial charge in [0.05, 0.1) is 18.2 Å². The van der Waals surface area contributed by atoms with Crippen LogP contribution in [-0.2, 0) is 11.2 Å². The van der Waals surface area contributed by atoms with E-state index in [9.17, 15) is 19.8 Å². The molecular weight excluding hydrogens is 284 g/mol. The van der Waals surface area contributed by atoms with Crippen molar-refractivity contribution in [1.29, 1.82) is 0 Å². The van der Waals surface area contributed by atoms with Crippen molar-refractivity contribution in [3.05, 3.63) is 29.3 Å². The highest BCUT2D eigenvalue weighted by molar-refractivity contribution is 5.91. The number of nitrogens with zero attached hydrogens (tertiary/aromatic N) is 1. The van der Waals surface area contributed by atoms with Gasteiger partial charge in [-0.2, -0.15) is 0 Å². The van der Waals surface area contributed by atoms with Gasteiger partial charge in [-0.15, -0.1) is 0 Å². The van der Waals surface area contributed by atoms with Crippen molar-refractivity contribution in [2.45, 2.75) is 32.4 Å². The highest BCUT2D eigenvalue weighted by atomic mass is 16.4. The fourth-order valence-corrected chi connectivity index (χ4v) is 2.99. The van der Waals surface area contributed by atoms with Gasteiger partial charge < -0.3 is 20.4 Å². The standard InChI is InChI=1S/C16H22N2O4/c1-9(2)14-15(20)17-12(8-19)6-10-4-5-11(16(21)22)7-13(10)18(14)3/h4-5,7,9,12,14,19H,6,8H2,1-3H3,(H,17,20)(H,21,22)/t12-,14-/m0/s1. The summed E-state index contributed by atoms with van der Waals surface area (Å²) in [5, 5.41) is 21.5. The van der Waals surface area contributed by atoms with E-state index < -0.39 is 12.0 Å². The number of hydrogen-bond donors (Lipinski definition) is 3. The Kier molecular flexibility index (Phi) is 4.71. The van der Waals surface area contributed by atoms with E-state index in [1.165, 1.54) is 0 Å². The molecule has 0 aliphatic carbocycles. The van der Waals surface area contributed by atoms with Gasteiger partial charge in [-0.1, -0.05) is 19.9 Å². The third-order valence-corrected chi connectivity index (χ3v) is 4.06. The number of carboxylic acids is 1. The Labute approximate surface area is 129 Å². The predicted molar refractivity (Wildman–Crippen MR) is 83.2 cm³/mol. The van der Waals surface area contributed by atoms with Crippen LogP contribution < -0.4 is 10.2 Å². The molecule has 0 spiro atoms. The van der Waals surface area contributed by atoms with Gasteiger partial charge >= 0.3 is 5.97 Å². The summed E-state index contributed by atoms with van der Waals surface area (Å²) in [4.78, 5) is 25.5. The number of carbonyl (C=O) groups excluding carboxylic acids is 1. The van der Waals surface area contributed by atoms with E-state index >= 15 is 0 Å². The molecule has 0 aromatic heterocycles. The summed E-state index contributed by atoms with van der Waals surface area (Å²) in [5.74, 6) is -1.10. The summed E-state index contributed by atoms with van der Waals surface area (Å²) < 4.78 is 0. The minimum Gasteiger partial charge on any atom is -0.478 e. The van der Waals surface area contributed by atoms with E-state index in [0.29, 0.717) is 6.42 Å². The number of rotatable bonds is 3. The Morgan fingerprint density at radius 3 is 2.68 bits per heavy atom. The Morgan fingerprint density at radius 1 is 1.45 bits per heavy atom. The maximum absolute atomic E-state index is 12.4. The maximum Gasteiger partial charge on any atom is 0.335 e. The molecule has 1 amide bonds. The van der Waals surface area contributed by atoms with Crippen LogP contribution in [0.15, 0.2) is 18.2 Å². The molecule has 0 saturated heterocycles. The van der Waals surface area contributed by atoms with Gasteiger partial charge in [0.2, 0.25) is 5.91 Å². The van der Waals surface area contributed by atoms with Crippen molar-refractivity contribution < 1.29 is 19.8 Å². The van der Waals surface area contributed by atoms with Gasteiger partial charge in [0.15, 0.2) is 0 Å². The fraction of sp³-hybridized carbons (Fsp3) is 0.500. The van der Waals surface area contributed by atoms with Crippen LogP contribution >= 0.6 is 0 Å². The molecule has 0 unspecified atom stereocenters. The molecule has 6 nitrogen and oxygen atoms in total. The Morgan fingerprint density at radius 2 is 2.14 bits per heavy atom. The summed E-state index contributed by atoms with van der Waals surface area (Å²) in [6.07, 6.45) is 0.465. The molecule has 2 rings (SSSR count). The number of carbonyl (C=O) groups is 2. The van der Waals surface area contributed by atoms with Crippen molar-refractivity contribution in [1.82, 2.24) is 5.32 Å². The van der Waals surface area contributed by atoms with Crippen LogP contribution in [-0.4, -0.2) is 47.8 Å². The molecular formula is C16H22N2O4. The van der Waals surface area contributed by atoms with Crippen LogP contribution in [0.5, 0.6) is 0 Å². The predicted octanol–water partition coefficient (Wildman–Crippen LogP) is 0.879. The number of carboxylic acid groups (broad SMARTS) is 1. The van der Waals surface area contributed by atoms with Gasteiger partial charge in [0.25, 0.3) is 0 Å². The van der Waals surface area contributed by atoms with Crippen LogP contribution in [0.2, 0.25) is 0 Å². The van der Waals surface area contributed by atoms with Crippen molar-refractivity contribution in [2.24, 2.45) is 5.92 Å². The van der Waals surface area contributed by atoms with Gasteiger partial charge in [0.1, 0.15) is 6.04 Å². The van der Waals surface area contributed by atoms with Crippen molar-refractivity contribution in [3.63, 3.8) is 0 Å². The summed E-state index contributed by atoms with van der Waals surface area (Å²) in [6, 6.07) is 4.12. The monoisotopic (exact) mass is 306 g/mol. The molecule has 3 N–H and O–H groups in total. The lowest BCUT2D eigenvalue weighted by Gasteiger charge is -2.37. The first kappa shape index (κ1) is 16.3. The highest BCUT2D eigenvalue weighted by Gasteiger charge is 2.32. The minimum absolute atomic E-state index is 0.0452. The minimum atomic E-state index is -0.998. The second kappa shape index (κ2) is 6.36. The fourth-order valence-electron chi connectivity index (χ4n) is 2.99. The second-order valence-electron chi connectivity index (χ2n) is 6.04. The zero-order chi connectivity index (χ0) is 16.4. The molecule has 22 heavy (non-hydrogen) atoms. The lowest BCUT2D eigenvalue weighted by molar-refractivity contribution is -0.124. The van der Waals surface area contributed by atoms with Gasteiger partial charge in [0, 0.05) is 12.7 Å². The van der Waals surface area contributed by atoms with E-state index in [1.54, 1.807) is 25.2 Å². The normalized spacial score (nSPS) is 21.9. The highest BCUT2D eigenvalue weighted by Crippen LogP contribution is 2.28. The molecule has 6 heteroatoms. The Balaban J connectivity index is 2.55. The maximum atomic E-state index is 12.4. The average molecular weight is 306 g/mol. The molecule has 120 valence electrons. The number of likely N-dealkylation sites (N-methyl/N-ethyl adjacent to an activating group) is 1. The van der Waals surface area contributed by atoms with Crippen molar-refractivity contribution in [2.75, 3.05) is 18.6 Å². The summed E-state index contributed by atoms with van der Waals surface area (Å²) in [5.41, 5.74) is 1.83. The van der Waals surface area contributed by atoms with E-state index in [1.807, 2.05) is 18.7 Å². The topological polar surface area (TPSA) is 89.9 Å². The molecule has 0 radical (unpaired) electrons. The second-order valence-corrected chi connectivity index (χ2v) is 6.04. The number of hydrogen-bond acceptors (Lipinski definition) is 4. The first-order valence-corrected chi connectivity index (χ1v) is 7.35. The van der Waals surface area contributed by atoms with Gasteiger partial charge in [-0.3, -0.25) is 4.79 Å². The van der Waals surface area contributed by atoms with Crippen molar-refractivity contribution >= 4 is 17.6 Å². The van der Waals surface area contributed by atoms with Crippen LogP contribution in [0, 0.1) is 5.92 Å². The molecule has 0 fully saturated rings. The third kappa shape index (κ3) is 3.06. The number of aliphatic hydroxyl groups excluding tert-OH is 1. The summed E-state index contributed by atoms with van der Waals surface area (Å²) in [7, 11) is 1.80. The third-order valence-electron chi connectivity index (χ3n) is 4.06. The zero-order valence-corrected chi connectivity index (χ0v) is 13.0. The smallest absolute Gasteiger partial charge is 0.335 e.